The summed E-state index contributed by atoms with van der Waals surface area (Å²) in [4.78, 5) is 27.9. The molecule has 0 unspecified atom stereocenters. The predicted octanol–water partition coefficient (Wildman–Crippen LogP) is 5.93. The molecule has 0 radical (unpaired) electrons. The number of nitro benzene ring substituents is 1. The highest BCUT2D eigenvalue weighted by Crippen LogP contribution is 2.32. The summed E-state index contributed by atoms with van der Waals surface area (Å²) in [7, 11) is 1.32. The highest BCUT2D eigenvalue weighted by atomic mass is 35.5. The zero-order chi connectivity index (χ0) is 23.0. The van der Waals surface area contributed by atoms with Gasteiger partial charge in [-0.15, -0.1) is 0 Å². The monoisotopic (exact) mass is 451 g/mol. The van der Waals surface area contributed by atoms with Gasteiger partial charge in [0.05, 0.1) is 22.7 Å². The number of hydrogen-bond acceptors (Lipinski definition) is 6. The quantitative estimate of drug-likeness (QED) is 0.297. The van der Waals surface area contributed by atoms with E-state index in [1.165, 1.54) is 19.2 Å². The molecule has 4 aromatic rings. The summed E-state index contributed by atoms with van der Waals surface area (Å²) in [5, 5.41) is 14.2. The number of aryl methyl sites for hydroxylation is 2. The minimum Gasteiger partial charge on any atom is -0.490 e. The van der Waals surface area contributed by atoms with Gasteiger partial charge in [0.15, 0.2) is 11.3 Å². The Kier molecular flexibility index (Phi) is 5.54. The van der Waals surface area contributed by atoms with Crippen LogP contribution in [0.25, 0.3) is 22.6 Å². The summed E-state index contributed by atoms with van der Waals surface area (Å²) in [6.45, 7) is 4.00. The number of ether oxygens (including phenoxy) is 1. The van der Waals surface area contributed by atoms with E-state index in [-0.39, 0.29) is 17.0 Å². The molecule has 162 valence electrons. The van der Waals surface area contributed by atoms with Crippen molar-refractivity contribution in [2.24, 2.45) is 0 Å². The van der Waals surface area contributed by atoms with Crippen molar-refractivity contribution in [3.05, 3.63) is 80.4 Å². The Morgan fingerprint density at radius 1 is 1.12 bits per heavy atom. The van der Waals surface area contributed by atoms with Crippen molar-refractivity contribution in [3.63, 3.8) is 0 Å². The Hall–Kier alpha value is -3.91. The molecule has 8 nitrogen and oxygen atoms in total. The van der Waals surface area contributed by atoms with E-state index in [1.807, 2.05) is 26.0 Å². The molecule has 0 aliphatic carbocycles. The van der Waals surface area contributed by atoms with Crippen LogP contribution in [0.3, 0.4) is 0 Å². The third kappa shape index (κ3) is 4.00. The molecule has 1 aromatic heterocycles. The maximum absolute atomic E-state index is 12.7. The minimum absolute atomic E-state index is 0.0630. The highest BCUT2D eigenvalue weighted by molar-refractivity contribution is 6.34. The largest absolute Gasteiger partial charge is 0.490 e. The number of aromatic nitrogens is 1. The molecule has 32 heavy (non-hydrogen) atoms. The fourth-order valence-electron chi connectivity index (χ4n) is 3.23. The number of rotatable bonds is 5. The van der Waals surface area contributed by atoms with E-state index < -0.39 is 10.8 Å². The van der Waals surface area contributed by atoms with E-state index in [9.17, 15) is 14.9 Å². The van der Waals surface area contributed by atoms with Crippen LogP contribution in [-0.2, 0) is 0 Å². The number of fused-ring (bicyclic) bond motifs is 1. The number of hydrogen-bond donors (Lipinski definition) is 1. The van der Waals surface area contributed by atoms with E-state index in [0.29, 0.717) is 27.7 Å². The fourth-order valence-corrected chi connectivity index (χ4v) is 3.39. The first-order chi connectivity index (χ1) is 15.3. The number of nitrogens with one attached hydrogen (secondary N) is 1. The number of benzene rings is 3. The van der Waals surface area contributed by atoms with Gasteiger partial charge in [-0.05, 0) is 67.4 Å². The number of amides is 1. The van der Waals surface area contributed by atoms with Crippen molar-refractivity contribution in [2.45, 2.75) is 13.8 Å². The lowest BCUT2D eigenvalue weighted by atomic mass is 10.1. The molecule has 3 aromatic carbocycles. The SMILES string of the molecule is COc1ccc(C(=O)Nc2cc(-c3nc4cc(C)c(C)cc4o3)ccc2Cl)cc1[N+](=O)[O-]. The molecule has 1 N–H and O–H groups in total. The predicted molar refractivity (Wildman–Crippen MR) is 122 cm³/mol. The third-order valence-corrected chi connectivity index (χ3v) is 5.43. The highest BCUT2D eigenvalue weighted by Gasteiger charge is 2.19. The Morgan fingerprint density at radius 2 is 1.88 bits per heavy atom. The molecular formula is C23H18ClN3O5. The molecule has 0 saturated carbocycles. The first-order valence-corrected chi connectivity index (χ1v) is 9.96. The van der Waals surface area contributed by atoms with Gasteiger partial charge >= 0.3 is 5.69 Å². The number of methoxy groups -OCH3 is 1. The van der Waals surface area contributed by atoms with Crippen LogP contribution in [0.4, 0.5) is 11.4 Å². The first-order valence-electron chi connectivity index (χ1n) is 9.58. The zero-order valence-electron chi connectivity index (χ0n) is 17.4. The Bertz CT molecular complexity index is 1340. The molecule has 0 bridgehead atoms. The van der Waals surface area contributed by atoms with Crippen molar-refractivity contribution >= 4 is 40.0 Å². The van der Waals surface area contributed by atoms with E-state index in [4.69, 9.17) is 20.8 Å². The number of nitro groups is 1. The van der Waals surface area contributed by atoms with E-state index in [2.05, 4.69) is 10.3 Å². The average Bonchev–Trinajstić information content (AvgIpc) is 3.17. The van der Waals surface area contributed by atoms with Crippen molar-refractivity contribution in [1.29, 1.82) is 0 Å². The number of anilines is 1. The molecule has 0 aliphatic heterocycles. The second-order valence-corrected chi connectivity index (χ2v) is 7.62. The van der Waals surface area contributed by atoms with Crippen molar-refractivity contribution in [2.75, 3.05) is 12.4 Å². The van der Waals surface area contributed by atoms with Gasteiger partial charge in [-0.2, -0.15) is 0 Å². The van der Waals surface area contributed by atoms with Crippen LogP contribution in [-0.4, -0.2) is 22.9 Å². The molecule has 0 aliphatic rings. The molecule has 1 amide bonds. The van der Waals surface area contributed by atoms with Crippen molar-refractivity contribution in [1.82, 2.24) is 4.98 Å². The minimum atomic E-state index is -0.611. The van der Waals surface area contributed by atoms with Gasteiger partial charge in [0, 0.05) is 17.2 Å². The fraction of sp³-hybridized carbons (Fsp3) is 0.130. The van der Waals surface area contributed by atoms with Crippen molar-refractivity contribution in [3.8, 4) is 17.2 Å². The van der Waals surface area contributed by atoms with Crippen LogP contribution in [0.15, 0.2) is 52.9 Å². The molecular weight excluding hydrogens is 434 g/mol. The lowest BCUT2D eigenvalue weighted by Crippen LogP contribution is -2.12. The van der Waals surface area contributed by atoms with Crippen LogP contribution >= 0.6 is 11.6 Å². The molecule has 9 heteroatoms. The van der Waals surface area contributed by atoms with Crippen LogP contribution < -0.4 is 10.1 Å². The van der Waals surface area contributed by atoms with Gasteiger partial charge in [0.2, 0.25) is 5.89 Å². The van der Waals surface area contributed by atoms with Gasteiger partial charge in [-0.3, -0.25) is 14.9 Å². The van der Waals surface area contributed by atoms with Crippen LogP contribution in [0.5, 0.6) is 5.75 Å². The Balaban J connectivity index is 1.66. The van der Waals surface area contributed by atoms with Gasteiger partial charge in [0.1, 0.15) is 5.52 Å². The molecule has 0 atom stereocenters. The maximum Gasteiger partial charge on any atom is 0.311 e. The van der Waals surface area contributed by atoms with E-state index in [1.54, 1.807) is 18.2 Å². The number of nitrogens with zero attached hydrogens (tertiary/aromatic N) is 2. The van der Waals surface area contributed by atoms with Crippen LogP contribution in [0, 0.1) is 24.0 Å². The smallest absolute Gasteiger partial charge is 0.311 e. The molecule has 4 rings (SSSR count). The summed E-state index contributed by atoms with van der Waals surface area (Å²) in [6.07, 6.45) is 0. The summed E-state index contributed by atoms with van der Waals surface area (Å²) >= 11 is 6.27. The summed E-state index contributed by atoms with van der Waals surface area (Å²) < 4.78 is 10.9. The standard InChI is InChI=1S/C23H18ClN3O5/c1-12-8-18-21(9-13(12)2)32-23(26-18)15-4-6-16(24)17(10-15)25-22(28)14-5-7-20(31-3)19(11-14)27(29)30/h4-11H,1-3H3,(H,25,28). The number of carbonyl (C=O) groups excluding carboxylic acids is 1. The summed E-state index contributed by atoms with van der Waals surface area (Å²) in [6, 6.07) is 12.8. The van der Waals surface area contributed by atoms with Gasteiger partial charge < -0.3 is 14.5 Å². The number of oxazole rings is 1. The zero-order valence-corrected chi connectivity index (χ0v) is 18.2. The second-order valence-electron chi connectivity index (χ2n) is 7.22. The maximum atomic E-state index is 12.7. The van der Waals surface area contributed by atoms with E-state index >= 15 is 0 Å². The Labute approximate surface area is 187 Å². The number of carbonyl (C=O) groups is 1. The van der Waals surface area contributed by atoms with Crippen molar-refractivity contribution < 1.29 is 18.9 Å². The molecule has 0 spiro atoms. The van der Waals surface area contributed by atoms with Gasteiger partial charge in [-0.1, -0.05) is 11.6 Å². The second kappa shape index (κ2) is 8.32. The topological polar surface area (TPSA) is 108 Å². The average molecular weight is 452 g/mol. The van der Waals surface area contributed by atoms with Gasteiger partial charge in [0.25, 0.3) is 5.91 Å². The first kappa shape index (κ1) is 21.3. The molecule has 1 heterocycles. The van der Waals surface area contributed by atoms with E-state index in [0.717, 1.165) is 22.7 Å². The van der Waals surface area contributed by atoms with Crippen LogP contribution in [0.1, 0.15) is 21.5 Å². The van der Waals surface area contributed by atoms with Crippen LogP contribution in [0.2, 0.25) is 5.02 Å². The summed E-state index contributed by atoms with van der Waals surface area (Å²) in [5.74, 6) is -0.108. The Morgan fingerprint density at radius 3 is 2.59 bits per heavy atom. The van der Waals surface area contributed by atoms with Gasteiger partial charge in [-0.25, -0.2) is 4.98 Å². The molecule has 0 fully saturated rings. The summed E-state index contributed by atoms with van der Waals surface area (Å²) in [5.41, 5.74) is 4.32. The third-order valence-electron chi connectivity index (χ3n) is 5.10. The molecule has 0 saturated heterocycles. The number of halogens is 1. The lowest BCUT2D eigenvalue weighted by molar-refractivity contribution is -0.385. The lowest BCUT2D eigenvalue weighted by Gasteiger charge is -2.09. The normalized spacial score (nSPS) is 10.9.